The molecule has 0 unspecified atom stereocenters. The standard InChI is InChI=1S/C18H26N2O/c1-3-20(4-2)12-11-19-14-18(21)17-10-9-15-7-5-6-8-16(15)13-17/h5-10,13,18-19,21H,3-4,11-12,14H2,1-2H3/t18-/m1/s1. The van der Waals surface area contributed by atoms with E-state index in [1.807, 2.05) is 18.2 Å². The molecule has 0 aromatic heterocycles. The number of rotatable bonds is 8. The molecule has 0 amide bonds. The first-order valence-electron chi connectivity index (χ1n) is 7.84. The van der Waals surface area contributed by atoms with Gasteiger partial charge in [-0.3, -0.25) is 0 Å². The molecule has 0 radical (unpaired) electrons. The van der Waals surface area contributed by atoms with Gasteiger partial charge in [0.2, 0.25) is 0 Å². The molecule has 0 bridgehead atoms. The zero-order chi connectivity index (χ0) is 15.1. The van der Waals surface area contributed by atoms with Crippen LogP contribution in [0.25, 0.3) is 10.8 Å². The monoisotopic (exact) mass is 286 g/mol. The molecule has 0 aliphatic carbocycles. The van der Waals surface area contributed by atoms with Gasteiger partial charge in [-0.15, -0.1) is 0 Å². The van der Waals surface area contributed by atoms with Crippen molar-refractivity contribution in [3.05, 3.63) is 48.0 Å². The summed E-state index contributed by atoms with van der Waals surface area (Å²) in [6, 6.07) is 14.4. The number of aliphatic hydroxyl groups excluding tert-OH is 1. The second-order valence-corrected chi connectivity index (χ2v) is 5.35. The van der Waals surface area contributed by atoms with Crippen molar-refractivity contribution in [2.75, 3.05) is 32.7 Å². The van der Waals surface area contributed by atoms with Crippen LogP contribution in [0.3, 0.4) is 0 Å². The lowest BCUT2D eigenvalue weighted by atomic mass is 10.0. The molecule has 2 rings (SSSR count). The van der Waals surface area contributed by atoms with Gasteiger partial charge in [-0.2, -0.15) is 0 Å². The van der Waals surface area contributed by atoms with Crippen LogP contribution >= 0.6 is 0 Å². The molecule has 0 fully saturated rings. The molecule has 0 saturated heterocycles. The number of fused-ring (bicyclic) bond motifs is 1. The molecule has 21 heavy (non-hydrogen) atoms. The first kappa shape index (κ1) is 16.0. The number of aliphatic hydroxyl groups is 1. The molecular weight excluding hydrogens is 260 g/mol. The lowest BCUT2D eigenvalue weighted by Gasteiger charge is -2.19. The number of nitrogens with zero attached hydrogens (tertiary/aromatic N) is 1. The van der Waals surface area contributed by atoms with Gasteiger partial charge in [0.1, 0.15) is 0 Å². The largest absolute Gasteiger partial charge is 0.387 e. The maximum atomic E-state index is 10.3. The molecule has 2 aromatic carbocycles. The summed E-state index contributed by atoms with van der Waals surface area (Å²) in [5.74, 6) is 0. The highest BCUT2D eigenvalue weighted by atomic mass is 16.3. The summed E-state index contributed by atoms with van der Waals surface area (Å²) in [5, 5.41) is 16.0. The average Bonchev–Trinajstić information content (AvgIpc) is 2.54. The fourth-order valence-corrected chi connectivity index (χ4v) is 2.55. The highest BCUT2D eigenvalue weighted by Crippen LogP contribution is 2.19. The van der Waals surface area contributed by atoms with Crippen LogP contribution in [-0.2, 0) is 0 Å². The minimum atomic E-state index is -0.452. The summed E-state index contributed by atoms with van der Waals surface area (Å²) in [6.07, 6.45) is -0.452. The van der Waals surface area contributed by atoms with Crippen LogP contribution in [0.1, 0.15) is 25.5 Å². The third kappa shape index (κ3) is 4.53. The van der Waals surface area contributed by atoms with Crippen molar-refractivity contribution in [3.63, 3.8) is 0 Å². The highest BCUT2D eigenvalue weighted by molar-refractivity contribution is 5.83. The van der Waals surface area contributed by atoms with Crippen LogP contribution in [0.15, 0.2) is 42.5 Å². The van der Waals surface area contributed by atoms with Gasteiger partial charge < -0.3 is 15.3 Å². The van der Waals surface area contributed by atoms with E-state index in [0.717, 1.165) is 31.7 Å². The molecule has 114 valence electrons. The molecule has 0 spiro atoms. The van der Waals surface area contributed by atoms with Crippen LogP contribution < -0.4 is 5.32 Å². The first-order chi connectivity index (χ1) is 10.2. The van der Waals surface area contributed by atoms with Crippen molar-refractivity contribution in [1.29, 1.82) is 0 Å². The number of nitrogens with one attached hydrogen (secondary N) is 1. The molecule has 3 heteroatoms. The summed E-state index contributed by atoms with van der Waals surface area (Å²) in [4.78, 5) is 2.37. The maximum Gasteiger partial charge on any atom is 0.0914 e. The maximum absolute atomic E-state index is 10.3. The summed E-state index contributed by atoms with van der Waals surface area (Å²) in [6.45, 7) is 9.03. The van der Waals surface area contributed by atoms with E-state index in [1.54, 1.807) is 0 Å². The molecule has 2 aromatic rings. The van der Waals surface area contributed by atoms with Crippen LogP contribution in [0.5, 0.6) is 0 Å². The molecular formula is C18H26N2O. The average molecular weight is 286 g/mol. The molecule has 0 aliphatic heterocycles. The minimum absolute atomic E-state index is 0.452. The van der Waals surface area contributed by atoms with Crippen molar-refractivity contribution < 1.29 is 5.11 Å². The lowest BCUT2D eigenvalue weighted by Crippen LogP contribution is -2.33. The van der Waals surface area contributed by atoms with E-state index in [9.17, 15) is 5.11 Å². The Hall–Kier alpha value is -1.42. The summed E-state index contributed by atoms with van der Waals surface area (Å²) < 4.78 is 0. The van der Waals surface area contributed by atoms with Crippen molar-refractivity contribution in [3.8, 4) is 0 Å². The number of hydrogen-bond donors (Lipinski definition) is 2. The van der Waals surface area contributed by atoms with Gasteiger partial charge >= 0.3 is 0 Å². The zero-order valence-corrected chi connectivity index (χ0v) is 13.0. The summed E-state index contributed by atoms with van der Waals surface area (Å²) in [5.41, 5.74) is 0.976. The Kier molecular flexibility index (Phi) is 6.18. The quantitative estimate of drug-likeness (QED) is 0.733. The molecule has 0 saturated carbocycles. The Balaban J connectivity index is 1.85. The highest BCUT2D eigenvalue weighted by Gasteiger charge is 2.08. The predicted octanol–water partition coefficient (Wildman–Crippen LogP) is 2.80. The normalized spacial score (nSPS) is 13.0. The van der Waals surface area contributed by atoms with Gasteiger partial charge in [0.25, 0.3) is 0 Å². The number of hydrogen-bond acceptors (Lipinski definition) is 3. The third-order valence-corrected chi connectivity index (χ3v) is 4.00. The van der Waals surface area contributed by atoms with E-state index in [0.29, 0.717) is 6.54 Å². The van der Waals surface area contributed by atoms with Crippen LogP contribution in [0, 0.1) is 0 Å². The SMILES string of the molecule is CCN(CC)CCNC[C@@H](O)c1ccc2ccccc2c1. The van der Waals surface area contributed by atoms with E-state index >= 15 is 0 Å². The Bertz CT molecular complexity index is 552. The molecule has 3 nitrogen and oxygen atoms in total. The van der Waals surface area contributed by atoms with Crippen molar-refractivity contribution >= 4 is 10.8 Å². The summed E-state index contributed by atoms with van der Waals surface area (Å²) >= 11 is 0. The molecule has 0 aliphatic rings. The van der Waals surface area contributed by atoms with E-state index < -0.39 is 6.10 Å². The Morgan fingerprint density at radius 2 is 1.76 bits per heavy atom. The second-order valence-electron chi connectivity index (χ2n) is 5.35. The van der Waals surface area contributed by atoms with E-state index in [-0.39, 0.29) is 0 Å². The Morgan fingerprint density at radius 1 is 1.05 bits per heavy atom. The molecule has 0 heterocycles. The van der Waals surface area contributed by atoms with Crippen LogP contribution in [0.2, 0.25) is 0 Å². The van der Waals surface area contributed by atoms with Crippen molar-refractivity contribution in [2.45, 2.75) is 20.0 Å². The fraction of sp³-hybridized carbons (Fsp3) is 0.444. The number of likely N-dealkylation sites (N-methyl/N-ethyl adjacent to an activating group) is 1. The topological polar surface area (TPSA) is 35.5 Å². The Morgan fingerprint density at radius 3 is 2.48 bits per heavy atom. The van der Waals surface area contributed by atoms with E-state index in [2.05, 4.69) is 48.3 Å². The van der Waals surface area contributed by atoms with Gasteiger partial charge in [0.05, 0.1) is 6.10 Å². The van der Waals surface area contributed by atoms with Crippen molar-refractivity contribution in [2.24, 2.45) is 0 Å². The predicted molar refractivity (Wildman–Crippen MR) is 89.6 cm³/mol. The lowest BCUT2D eigenvalue weighted by molar-refractivity contribution is 0.172. The van der Waals surface area contributed by atoms with Gasteiger partial charge in [-0.1, -0.05) is 50.2 Å². The van der Waals surface area contributed by atoms with Gasteiger partial charge in [-0.05, 0) is 35.5 Å². The van der Waals surface area contributed by atoms with Gasteiger partial charge in [-0.25, -0.2) is 0 Å². The molecule has 2 N–H and O–H groups in total. The Labute approximate surface area is 127 Å². The molecule has 1 atom stereocenters. The third-order valence-electron chi connectivity index (χ3n) is 4.00. The smallest absolute Gasteiger partial charge is 0.0914 e. The van der Waals surface area contributed by atoms with Crippen molar-refractivity contribution in [1.82, 2.24) is 10.2 Å². The summed E-state index contributed by atoms with van der Waals surface area (Å²) in [7, 11) is 0. The first-order valence-corrected chi connectivity index (χ1v) is 7.84. The van der Waals surface area contributed by atoms with Crippen LogP contribution in [-0.4, -0.2) is 42.7 Å². The number of benzene rings is 2. The van der Waals surface area contributed by atoms with E-state index in [1.165, 1.54) is 10.8 Å². The minimum Gasteiger partial charge on any atom is -0.387 e. The van der Waals surface area contributed by atoms with Crippen LogP contribution in [0.4, 0.5) is 0 Å². The zero-order valence-electron chi connectivity index (χ0n) is 13.0. The second kappa shape index (κ2) is 8.13. The van der Waals surface area contributed by atoms with E-state index in [4.69, 9.17) is 0 Å². The van der Waals surface area contributed by atoms with Gasteiger partial charge in [0, 0.05) is 19.6 Å². The van der Waals surface area contributed by atoms with Gasteiger partial charge in [0.15, 0.2) is 0 Å². The fourth-order valence-electron chi connectivity index (χ4n) is 2.55.